The third-order valence-corrected chi connectivity index (χ3v) is 1.74. The smallest absolute Gasteiger partial charge is 0.215 e. The van der Waals surface area contributed by atoms with E-state index in [1.165, 1.54) is 7.11 Å². The van der Waals surface area contributed by atoms with Crippen molar-refractivity contribution in [3.8, 4) is 0 Å². The fourth-order valence-electron chi connectivity index (χ4n) is 0.134. The van der Waals surface area contributed by atoms with E-state index < -0.39 is 3.79 Å². The minimum Gasteiger partial charge on any atom is -0.377 e. The molecule has 0 rings (SSSR count). The predicted octanol–water partition coefficient (Wildman–Crippen LogP) is 2.39. The summed E-state index contributed by atoms with van der Waals surface area (Å²) in [5, 5.41) is 0. The number of hydrogen-bond acceptors (Lipinski definition) is 1. The molecular formula is C4H7Cl3O. The molecule has 0 aliphatic heterocycles. The molecule has 0 saturated heterocycles. The van der Waals surface area contributed by atoms with Crippen molar-refractivity contribution in [2.45, 2.75) is 16.8 Å². The maximum absolute atomic E-state index is 5.39. The van der Waals surface area contributed by atoms with E-state index in [1.54, 1.807) is 6.92 Å². The Labute approximate surface area is 63.9 Å². The lowest BCUT2D eigenvalue weighted by Crippen LogP contribution is -2.23. The summed E-state index contributed by atoms with van der Waals surface area (Å²) in [5.74, 6) is 0. The highest BCUT2D eigenvalue weighted by atomic mass is 35.6. The van der Waals surface area contributed by atoms with Crippen molar-refractivity contribution in [2.75, 3.05) is 7.11 Å². The Balaban J connectivity index is 3.62. The van der Waals surface area contributed by atoms with Gasteiger partial charge >= 0.3 is 0 Å². The number of rotatable bonds is 1. The van der Waals surface area contributed by atoms with Gasteiger partial charge in [-0.25, -0.2) is 0 Å². The lowest BCUT2D eigenvalue weighted by atomic mass is 10.5. The summed E-state index contributed by atoms with van der Waals surface area (Å²) in [6, 6.07) is 0. The van der Waals surface area contributed by atoms with E-state index in [-0.39, 0.29) is 6.10 Å². The summed E-state index contributed by atoms with van der Waals surface area (Å²) < 4.78 is 3.42. The maximum Gasteiger partial charge on any atom is 0.215 e. The van der Waals surface area contributed by atoms with Crippen LogP contribution in [0.15, 0.2) is 0 Å². The predicted molar refractivity (Wildman–Crippen MR) is 36.8 cm³/mol. The Hall–Kier alpha value is 0.830. The van der Waals surface area contributed by atoms with Crippen LogP contribution < -0.4 is 0 Å². The van der Waals surface area contributed by atoms with E-state index in [0.29, 0.717) is 0 Å². The van der Waals surface area contributed by atoms with Gasteiger partial charge in [-0.15, -0.1) is 0 Å². The number of ether oxygens (including phenoxy) is 1. The Kier molecular flexibility index (Phi) is 3.44. The first-order chi connectivity index (χ1) is 3.48. The molecule has 1 unspecified atom stereocenters. The van der Waals surface area contributed by atoms with Crippen molar-refractivity contribution in [3.05, 3.63) is 0 Å². The van der Waals surface area contributed by atoms with Gasteiger partial charge in [0.2, 0.25) is 3.79 Å². The van der Waals surface area contributed by atoms with E-state index in [9.17, 15) is 0 Å². The lowest BCUT2D eigenvalue weighted by molar-refractivity contribution is 0.121. The molecule has 0 radical (unpaired) electrons. The first-order valence-electron chi connectivity index (χ1n) is 2.08. The van der Waals surface area contributed by atoms with Crippen LogP contribution in [-0.4, -0.2) is 17.0 Å². The second-order valence-electron chi connectivity index (χ2n) is 1.42. The molecule has 0 aromatic carbocycles. The third kappa shape index (κ3) is 2.98. The molecule has 0 fully saturated rings. The highest BCUT2D eigenvalue weighted by molar-refractivity contribution is 6.68. The van der Waals surface area contributed by atoms with Crippen LogP contribution in [0.1, 0.15) is 6.92 Å². The average Bonchev–Trinajstić information content (AvgIpc) is 1.62. The van der Waals surface area contributed by atoms with Crippen molar-refractivity contribution >= 4 is 34.8 Å². The normalized spacial score (nSPS) is 16.1. The molecule has 1 nitrogen and oxygen atoms in total. The van der Waals surface area contributed by atoms with Gasteiger partial charge in [-0.3, -0.25) is 0 Å². The first kappa shape index (κ1) is 8.83. The summed E-state index contributed by atoms with van der Waals surface area (Å²) in [6.45, 7) is 1.69. The quantitative estimate of drug-likeness (QED) is 0.559. The Morgan fingerprint density at radius 2 is 1.75 bits per heavy atom. The fourth-order valence-corrected chi connectivity index (χ4v) is 0.401. The molecule has 0 spiro atoms. The summed E-state index contributed by atoms with van der Waals surface area (Å²) in [6.07, 6.45) is -0.354. The van der Waals surface area contributed by atoms with E-state index in [0.717, 1.165) is 0 Å². The summed E-state index contributed by atoms with van der Waals surface area (Å²) in [5.41, 5.74) is 0. The van der Waals surface area contributed by atoms with Gasteiger partial charge in [0.25, 0.3) is 0 Å². The molecule has 0 aliphatic rings. The van der Waals surface area contributed by atoms with E-state index in [4.69, 9.17) is 39.5 Å². The van der Waals surface area contributed by atoms with Crippen LogP contribution in [0.25, 0.3) is 0 Å². The molecule has 4 heteroatoms. The number of hydrogen-bond donors (Lipinski definition) is 0. The second-order valence-corrected chi connectivity index (χ2v) is 3.79. The summed E-state index contributed by atoms with van der Waals surface area (Å²) >= 11 is 16.2. The molecule has 1 atom stereocenters. The van der Waals surface area contributed by atoms with Gasteiger partial charge < -0.3 is 4.74 Å². The van der Waals surface area contributed by atoms with Crippen molar-refractivity contribution in [3.63, 3.8) is 0 Å². The number of alkyl halides is 3. The van der Waals surface area contributed by atoms with Crippen LogP contribution in [0.5, 0.6) is 0 Å². The van der Waals surface area contributed by atoms with Crippen LogP contribution in [0.4, 0.5) is 0 Å². The highest BCUT2D eigenvalue weighted by Gasteiger charge is 2.27. The Morgan fingerprint density at radius 3 is 1.75 bits per heavy atom. The third-order valence-electron chi connectivity index (χ3n) is 0.815. The van der Waals surface area contributed by atoms with Gasteiger partial charge in [-0.1, -0.05) is 34.8 Å². The van der Waals surface area contributed by atoms with Gasteiger partial charge in [0.05, 0.1) is 0 Å². The average molecular weight is 177 g/mol. The molecule has 0 saturated carbocycles. The minimum absolute atomic E-state index is 0.354. The van der Waals surface area contributed by atoms with Gasteiger partial charge in [-0.05, 0) is 6.92 Å². The number of halogens is 3. The summed E-state index contributed by atoms with van der Waals surface area (Å²) in [7, 11) is 1.49. The van der Waals surface area contributed by atoms with E-state index in [2.05, 4.69) is 0 Å². The molecule has 0 aromatic heterocycles. The van der Waals surface area contributed by atoms with Crippen molar-refractivity contribution < 1.29 is 4.74 Å². The lowest BCUT2D eigenvalue weighted by Gasteiger charge is -2.17. The van der Waals surface area contributed by atoms with Gasteiger partial charge in [0.1, 0.15) is 6.10 Å². The standard InChI is InChI=1S/C4H7Cl3O/c1-3(8-2)4(5,6)7/h3H,1-2H3. The van der Waals surface area contributed by atoms with Crippen LogP contribution in [0, 0.1) is 0 Å². The SMILES string of the molecule is COC(C)C(Cl)(Cl)Cl. The van der Waals surface area contributed by atoms with Crippen LogP contribution >= 0.6 is 34.8 Å². The number of methoxy groups -OCH3 is 1. The molecule has 0 heterocycles. The van der Waals surface area contributed by atoms with Crippen molar-refractivity contribution in [1.29, 1.82) is 0 Å². The fraction of sp³-hybridized carbons (Fsp3) is 1.00. The molecule has 0 aromatic rings. The second kappa shape index (κ2) is 3.11. The summed E-state index contributed by atoms with van der Waals surface area (Å²) in [4.78, 5) is 0. The minimum atomic E-state index is -1.30. The molecule has 8 heavy (non-hydrogen) atoms. The van der Waals surface area contributed by atoms with Crippen LogP contribution in [0.3, 0.4) is 0 Å². The zero-order chi connectivity index (χ0) is 6.78. The maximum atomic E-state index is 5.39. The zero-order valence-corrected chi connectivity index (χ0v) is 6.89. The monoisotopic (exact) mass is 176 g/mol. The molecule has 0 bridgehead atoms. The highest BCUT2D eigenvalue weighted by Crippen LogP contribution is 2.31. The van der Waals surface area contributed by atoms with E-state index in [1.807, 2.05) is 0 Å². The van der Waals surface area contributed by atoms with Gasteiger partial charge in [0, 0.05) is 7.11 Å². The van der Waals surface area contributed by atoms with Crippen molar-refractivity contribution in [2.24, 2.45) is 0 Å². The first-order valence-corrected chi connectivity index (χ1v) is 3.21. The van der Waals surface area contributed by atoms with Crippen molar-refractivity contribution in [1.82, 2.24) is 0 Å². The molecule has 0 aliphatic carbocycles. The van der Waals surface area contributed by atoms with Crippen LogP contribution in [-0.2, 0) is 4.74 Å². The Bertz CT molecular complexity index is 68.2. The topological polar surface area (TPSA) is 9.23 Å². The van der Waals surface area contributed by atoms with Gasteiger partial charge in [-0.2, -0.15) is 0 Å². The molecule has 50 valence electrons. The van der Waals surface area contributed by atoms with E-state index >= 15 is 0 Å². The molecule has 0 amide bonds. The zero-order valence-electron chi connectivity index (χ0n) is 4.62. The van der Waals surface area contributed by atoms with Crippen LogP contribution in [0.2, 0.25) is 0 Å². The molecule has 0 N–H and O–H groups in total. The Morgan fingerprint density at radius 1 is 1.38 bits per heavy atom. The van der Waals surface area contributed by atoms with Gasteiger partial charge in [0.15, 0.2) is 0 Å². The molecular weight excluding hydrogens is 170 g/mol. The largest absolute Gasteiger partial charge is 0.377 e.